The summed E-state index contributed by atoms with van der Waals surface area (Å²) in [7, 11) is -5.38. The Kier molecular flexibility index (Phi) is 4.10. The van der Waals surface area contributed by atoms with Gasteiger partial charge in [-0.2, -0.15) is 21.6 Å². The van der Waals surface area contributed by atoms with Gasteiger partial charge in [-0.25, -0.2) is 0 Å². The molecule has 0 spiro atoms. The molecule has 21 heavy (non-hydrogen) atoms. The van der Waals surface area contributed by atoms with E-state index in [1.54, 1.807) is 10.8 Å². The van der Waals surface area contributed by atoms with Crippen molar-refractivity contribution >= 4 is 21.4 Å². The van der Waals surface area contributed by atoms with Gasteiger partial charge in [0.05, 0.1) is 5.69 Å². The third-order valence-corrected chi connectivity index (χ3v) is 4.77. The van der Waals surface area contributed by atoms with E-state index in [0.29, 0.717) is 6.54 Å². The Morgan fingerprint density at radius 3 is 2.62 bits per heavy atom. The number of fused-ring (bicyclic) bond motifs is 1. The second kappa shape index (κ2) is 5.40. The molecule has 0 saturated heterocycles. The predicted octanol–water partition coefficient (Wildman–Crippen LogP) is 3.11. The number of nitrogens with zero attached hydrogens (tertiary/aromatic N) is 1. The third-order valence-electron chi connectivity index (χ3n) is 3.66. The average Bonchev–Trinajstić information content (AvgIpc) is 2.36. The van der Waals surface area contributed by atoms with Crippen LogP contribution >= 0.6 is 0 Å². The number of halogens is 3. The first-order valence-electron chi connectivity index (χ1n) is 6.64. The normalized spacial score (nSPS) is 19.3. The first kappa shape index (κ1) is 15.9. The molecule has 0 bridgehead atoms. The van der Waals surface area contributed by atoms with Crippen LogP contribution in [0.25, 0.3) is 0 Å². The minimum absolute atomic E-state index is 0.0707. The standard InChI is InChI=1S/C13H17F3N2O2S/c1-3-18-9(2)4-5-10-6-7-11(8-12(10)18)17-21(19,20)13(14,15)16/h6-9,17H,3-5H2,1-2H3. The van der Waals surface area contributed by atoms with Crippen LogP contribution < -0.4 is 9.62 Å². The molecule has 1 unspecified atom stereocenters. The average molecular weight is 322 g/mol. The summed E-state index contributed by atoms with van der Waals surface area (Å²) in [6.07, 6.45) is 1.80. The van der Waals surface area contributed by atoms with E-state index in [0.717, 1.165) is 24.1 Å². The summed E-state index contributed by atoms with van der Waals surface area (Å²) in [6.45, 7) is 4.71. The largest absolute Gasteiger partial charge is 0.516 e. The van der Waals surface area contributed by atoms with Crippen molar-refractivity contribution in [2.75, 3.05) is 16.2 Å². The maximum Gasteiger partial charge on any atom is 0.516 e. The van der Waals surface area contributed by atoms with Gasteiger partial charge in [-0.05, 0) is 44.4 Å². The van der Waals surface area contributed by atoms with E-state index in [1.807, 2.05) is 13.8 Å². The van der Waals surface area contributed by atoms with Crippen molar-refractivity contribution in [3.05, 3.63) is 23.8 Å². The van der Waals surface area contributed by atoms with Crippen LogP contribution in [0.2, 0.25) is 0 Å². The van der Waals surface area contributed by atoms with Gasteiger partial charge in [0, 0.05) is 18.3 Å². The van der Waals surface area contributed by atoms with Gasteiger partial charge in [-0.15, -0.1) is 0 Å². The highest BCUT2D eigenvalue weighted by Gasteiger charge is 2.46. The zero-order valence-corrected chi connectivity index (χ0v) is 12.6. The first-order chi connectivity index (χ1) is 9.65. The van der Waals surface area contributed by atoms with Gasteiger partial charge in [0.15, 0.2) is 0 Å². The fourth-order valence-corrected chi connectivity index (χ4v) is 3.11. The molecule has 0 fully saturated rings. The lowest BCUT2D eigenvalue weighted by Crippen LogP contribution is -2.37. The number of anilines is 2. The molecule has 2 rings (SSSR count). The topological polar surface area (TPSA) is 49.4 Å². The number of hydrogen-bond donors (Lipinski definition) is 1. The van der Waals surface area contributed by atoms with Crippen molar-refractivity contribution in [3.8, 4) is 0 Å². The molecule has 0 amide bonds. The predicted molar refractivity (Wildman–Crippen MR) is 75.8 cm³/mol. The van der Waals surface area contributed by atoms with Gasteiger partial charge in [-0.3, -0.25) is 4.72 Å². The Morgan fingerprint density at radius 2 is 2.05 bits per heavy atom. The minimum atomic E-state index is -5.38. The van der Waals surface area contributed by atoms with E-state index in [2.05, 4.69) is 4.90 Å². The van der Waals surface area contributed by atoms with Gasteiger partial charge in [0.25, 0.3) is 0 Å². The number of nitrogens with one attached hydrogen (secondary N) is 1. The Balaban J connectivity index is 2.35. The Labute approximate surface area is 122 Å². The summed E-state index contributed by atoms with van der Waals surface area (Å²) >= 11 is 0. The third kappa shape index (κ3) is 3.09. The summed E-state index contributed by atoms with van der Waals surface area (Å²) in [4.78, 5) is 2.06. The van der Waals surface area contributed by atoms with Crippen molar-refractivity contribution in [3.63, 3.8) is 0 Å². The first-order valence-corrected chi connectivity index (χ1v) is 8.12. The van der Waals surface area contributed by atoms with Crippen LogP contribution in [0, 0.1) is 0 Å². The molecule has 0 saturated carbocycles. The van der Waals surface area contributed by atoms with E-state index < -0.39 is 15.5 Å². The highest BCUT2D eigenvalue weighted by molar-refractivity contribution is 7.93. The van der Waals surface area contributed by atoms with Crippen LogP contribution in [0.3, 0.4) is 0 Å². The SMILES string of the molecule is CCN1c2cc(NS(=O)(=O)C(F)(F)F)ccc2CCC1C. The number of aryl methyl sites for hydroxylation is 1. The molecule has 8 heteroatoms. The summed E-state index contributed by atoms with van der Waals surface area (Å²) < 4.78 is 61.1. The molecule has 1 heterocycles. The van der Waals surface area contributed by atoms with Crippen LogP contribution in [0.4, 0.5) is 24.5 Å². The summed E-state index contributed by atoms with van der Waals surface area (Å²) in [6, 6.07) is 4.79. The molecule has 118 valence electrons. The zero-order chi connectivity index (χ0) is 15.8. The van der Waals surface area contributed by atoms with Crippen LogP contribution in [-0.2, 0) is 16.4 Å². The van der Waals surface area contributed by atoms with Crippen LogP contribution in [0.1, 0.15) is 25.8 Å². The number of alkyl halides is 3. The van der Waals surface area contributed by atoms with Gasteiger partial charge < -0.3 is 4.90 Å². The van der Waals surface area contributed by atoms with Crippen molar-refractivity contribution < 1.29 is 21.6 Å². The lowest BCUT2D eigenvalue weighted by Gasteiger charge is -2.36. The van der Waals surface area contributed by atoms with Crippen LogP contribution in [0.5, 0.6) is 0 Å². The molecule has 1 aromatic carbocycles. The molecule has 1 atom stereocenters. The molecule has 0 radical (unpaired) electrons. The van der Waals surface area contributed by atoms with E-state index in [9.17, 15) is 21.6 Å². The smallest absolute Gasteiger partial charge is 0.369 e. The van der Waals surface area contributed by atoms with E-state index in [1.165, 1.54) is 12.1 Å². The highest BCUT2D eigenvalue weighted by atomic mass is 32.2. The molecule has 1 N–H and O–H groups in total. The quantitative estimate of drug-likeness (QED) is 0.930. The number of hydrogen-bond acceptors (Lipinski definition) is 3. The van der Waals surface area contributed by atoms with E-state index >= 15 is 0 Å². The van der Waals surface area contributed by atoms with Gasteiger partial charge >= 0.3 is 15.5 Å². The molecular weight excluding hydrogens is 305 g/mol. The Bertz CT molecular complexity index is 629. The summed E-state index contributed by atoms with van der Waals surface area (Å²) in [5.41, 5.74) is -3.58. The van der Waals surface area contributed by atoms with Gasteiger partial charge in [-0.1, -0.05) is 6.07 Å². The molecule has 4 nitrogen and oxygen atoms in total. The second-order valence-electron chi connectivity index (χ2n) is 5.07. The highest BCUT2D eigenvalue weighted by Crippen LogP contribution is 2.34. The molecular formula is C13H17F3N2O2S. The Morgan fingerprint density at radius 1 is 1.38 bits per heavy atom. The fourth-order valence-electron chi connectivity index (χ4n) is 2.56. The maximum absolute atomic E-state index is 12.4. The summed E-state index contributed by atoms with van der Waals surface area (Å²) in [5, 5.41) is 0. The van der Waals surface area contributed by atoms with Gasteiger partial charge in [0.2, 0.25) is 0 Å². The second-order valence-corrected chi connectivity index (χ2v) is 6.74. The van der Waals surface area contributed by atoms with Crippen molar-refractivity contribution in [1.29, 1.82) is 0 Å². The Hall–Kier alpha value is -1.44. The summed E-state index contributed by atoms with van der Waals surface area (Å²) in [5.74, 6) is 0. The number of rotatable bonds is 3. The van der Waals surface area contributed by atoms with E-state index in [4.69, 9.17) is 0 Å². The van der Waals surface area contributed by atoms with E-state index in [-0.39, 0.29) is 11.7 Å². The molecule has 1 aliphatic heterocycles. The fraction of sp³-hybridized carbons (Fsp3) is 0.538. The van der Waals surface area contributed by atoms with Crippen molar-refractivity contribution in [2.24, 2.45) is 0 Å². The van der Waals surface area contributed by atoms with Crippen molar-refractivity contribution in [1.82, 2.24) is 0 Å². The van der Waals surface area contributed by atoms with Crippen molar-refractivity contribution in [2.45, 2.75) is 38.2 Å². The molecule has 1 aliphatic rings. The zero-order valence-electron chi connectivity index (χ0n) is 11.7. The monoisotopic (exact) mass is 322 g/mol. The van der Waals surface area contributed by atoms with Crippen LogP contribution in [0.15, 0.2) is 18.2 Å². The van der Waals surface area contributed by atoms with Gasteiger partial charge in [0.1, 0.15) is 0 Å². The lowest BCUT2D eigenvalue weighted by atomic mass is 9.96. The minimum Gasteiger partial charge on any atom is -0.369 e. The molecule has 0 aliphatic carbocycles. The lowest BCUT2D eigenvalue weighted by molar-refractivity contribution is -0.0429. The maximum atomic E-state index is 12.4. The molecule has 1 aromatic rings. The molecule has 0 aromatic heterocycles. The number of sulfonamides is 1. The van der Waals surface area contributed by atoms with Crippen LogP contribution in [-0.4, -0.2) is 26.5 Å². The number of benzene rings is 1.